The highest BCUT2D eigenvalue weighted by Crippen LogP contribution is 2.23. The second-order valence-corrected chi connectivity index (χ2v) is 6.38. The van der Waals surface area contributed by atoms with E-state index in [2.05, 4.69) is 10.6 Å². The molecule has 6 heteroatoms. The lowest BCUT2D eigenvalue weighted by Crippen LogP contribution is -2.45. The molecule has 1 unspecified atom stereocenters. The molecule has 0 radical (unpaired) electrons. The Morgan fingerprint density at radius 2 is 2.04 bits per heavy atom. The number of hydrogen-bond acceptors (Lipinski definition) is 3. The summed E-state index contributed by atoms with van der Waals surface area (Å²) in [4.78, 5) is 27.8. The van der Waals surface area contributed by atoms with E-state index < -0.39 is 0 Å². The quantitative estimate of drug-likeness (QED) is 0.859. The number of aryl methyl sites for hydroxylation is 2. The van der Waals surface area contributed by atoms with Crippen molar-refractivity contribution in [3.05, 3.63) is 29.3 Å². The minimum atomic E-state index is -0.216. The predicted molar refractivity (Wildman–Crippen MR) is 91.8 cm³/mol. The molecule has 1 aromatic carbocycles. The molecular formula is C17H26N4O2. The van der Waals surface area contributed by atoms with Gasteiger partial charge in [0, 0.05) is 31.7 Å². The maximum atomic E-state index is 12.2. The highest BCUT2D eigenvalue weighted by molar-refractivity contribution is 5.96. The van der Waals surface area contributed by atoms with Crippen LogP contribution in [0.2, 0.25) is 0 Å². The van der Waals surface area contributed by atoms with E-state index in [1.807, 2.05) is 51.0 Å². The van der Waals surface area contributed by atoms with Crippen LogP contribution in [0.25, 0.3) is 0 Å². The van der Waals surface area contributed by atoms with Crippen LogP contribution in [0.15, 0.2) is 18.2 Å². The van der Waals surface area contributed by atoms with E-state index in [0.717, 1.165) is 17.8 Å². The van der Waals surface area contributed by atoms with Crippen molar-refractivity contribution in [1.82, 2.24) is 15.5 Å². The molecular weight excluding hydrogens is 292 g/mol. The van der Waals surface area contributed by atoms with Crippen LogP contribution in [0.5, 0.6) is 0 Å². The lowest BCUT2D eigenvalue weighted by molar-refractivity contribution is -0.117. The van der Waals surface area contributed by atoms with Gasteiger partial charge in [-0.15, -0.1) is 0 Å². The van der Waals surface area contributed by atoms with Crippen LogP contribution in [0.4, 0.5) is 10.5 Å². The minimum Gasteiger partial charge on any atom is -0.337 e. The third-order valence-corrected chi connectivity index (χ3v) is 4.11. The molecule has 1 aliphatic heterocycles. The third kappa shape index (κ3) is 4.69. The Kier molecular flexibility index (Phi) is 5.60. The molecule has 23 heavy (non-hydrogen) atoms. The van der Waals surface area contributed by atoms with Crippen LogP contribution < -0.4 is 15.5 Å². The van der Waals surface area contributed by atoms with Crippen LogP contribution in [-0.4, -0.2) is 56.6 Å². The SMILES string of the molecule is Cc1ccc(N2CC(NC(=O)NCCN(C)C)CC2=O)cc1C. The number of hydrogen-bond donors (Lipinski definition) is 2. The number of benzene rings is 1. The Morgan fingerprint density at radius 1 is 1.30 bits per heavy atom. The molecule has 6 nitrogen and oxygen atoms in total. The van der Waals surface area contributed by atoms with Crippen molar-refractivity contribution in [3.63, 3.8) is 0 Å². The van der Waals surface area contributed by atoms with E-state index in [1.165, 1.54) is 5.56 Å². The smallest absolute Gasteiger partial charge is 0.315 e. The maximum Gasteiger partial charge on any atom is 0.315 e. The van der Waals surface area contributed by atoms with E-state index >= 15 is 0 Å². The van der Waals surface area contributed by atoms with Crippen molar-refractivity contribution in [2.45, 2.75) is 26.3 Å². The molecule has 3 amide bonds. The summed E-state index contributed by atoms with van der Waals surface area (Å²) in [6.07, 6.45) is 0.341. The molecule has 0 bridgehead atoms. The van der Waals surface area contributed by atoms with Gasteiger partial charge in [-0.05, 0) is 51.2 Å². The van der Waals surface area contributed by atoms with Gasteiger partial charge in [0.05, 0.1) is 6.04 Å². The molecule has 1 aromatic rings. The maximum absolute atomic E-state index is 12.2. The topological polar surface area (TPSA) is 64.7 Å². The van der Waals surface area contributed by atoms with Gasteiger partial charge in [-0.1, -0.05) is 6.07 Å². The zero-order valence-electron chi connectivity index (χ0n) is 14.3. The molecule has 1 fully saturated rings. The van der Waals surface area contributed by atoms with E-state index in [-0.39, 0.29) is 18.0 Å². The van der Waals surface area contributed by atoms with Crippen molar-refractivity contribution >= 4 is 17.6 Å². The van der Waals surface area contributed by atoms with Crippen molar-refractivity contribution in [2.75, 3.05) is 38.6 Å². The van der Waals surface area contributed by atoms with Gasteiger partial charge in [-0.3, -0.25) is 4.79 Å². The number of nitrogens with zero attached hydrogens (tertiary/aromatic N) is 2. The van der Waals surface area contributed by atoms with Crippen LogP contribution in [-0.2, 0) is 4.79 Å². The first kappa shape index (κ1) is 17.3. The highest BCUT2D eigenvalue weighted by Gasteiger charge is 2.31. The van der Waals surface area contributed by atoms with Crippen LogP contribution in [0, 0.1) is 13.8 Å². The molecule has 2 rings (SSSR count). The lowest BCUT2D eigenvalue weighted by atomic mass is 10.1. The molecule has 1 saturated heterocycles. The summed E-state index contributed by atoms with van der Waals surface area (Å²) < 4.78 is 0. The van der Waals surface area contributed by atoms with Gasteiger partial charge < -0.3 is 20.4 Å². The number of amides is 3. The van der Waals surface area contributed by atoms with Crippen LogP contribution in [0.3, 0.4) is 0 Å². The van der Waals surface area contributed by atoms with Gasteiger partial charge in [-0.25, -0.2) is 4.79 Å². The number of urea groups is 1. The second kappa shape index (κ2) is 7.46. The number of likely N-dealkylation sites (N-methyl/N-ethyl adjacent to an activating group) is 1. The fourth-order valence-electron chi connectivity index (χ4n) is 2.58. The number of anilines is 1. The molecule has 1 heterocycles. The molecule has 0 aromatic heterocycles. The van der Waals surface area contributed by atoms with Crippen molar-refractivity contribution in [1.29, 1.82) is 0 Å². The summed E-state index contributed by atoms with van der Waals surface area (Å²) >= 11 is 0. The third-order valence-electron chi connectivity index (χ3n) is 4.11. The second-order valence-electron chi connectivity index (χ2n) is 6.38. The molecule has 1 atom stereocenters. The summed E-state index contributed by atoms with van der Waals surface area (Å²) in [5.74, 6) is 0.0480. The number of rotatable bonds is 5. The van der Waals surface area contributed by atoms with Crippen molar-refractivity contribution < 1.29 is 9.59 Å². The van der Waals surface area contributed by atoms with Crippen LogP contribution >= 0.6 is 0 Å². The standard InChI is InChI=1S/C17H26N4O2/c1-12-5-6-15(9-13(12)2)21-11-14(10-16(21)22)19-17(23)18-7-8-20(3)4/h5-6,9,14H,7-8,10-11H2,1-4H3,(H2,18,19,23). The van der Waals surface area contributed by atoms with Gasteiger partial charge in [0.25, 0.3) is 0 Å². The highest BCUT2D eigenvalue weighted by atomic mass is 16.2. The zero-order valence-corrected chi connectivity index (χ0v) is 14.3. The molecule has 126 valence electrons. The average molecular weight is 318 g/mol. The Hall–Kier alpha value is -2.08. The van der Waals surface area contributed by atoms with Gasteiger partial charge in [0.2, 0.25) is 5.91 Å². The molecule has 0 saturated carbocycles. The average Bonchev–Trinajstić information content (AvgIpc) is 2.82. The summed E-state index contributed by atoms with van der Waals surface area (Å²) in [5.41, 5.74) is 3.26. The Labute approximate surface area is 137 Å². The Balaban J connectivity index is 1.89. The van der Waals surface area contributed by atoms with Gasteiger partial charge in [0.15, 0.2) is 0 Å². The number of nitrogens with one attached hydrogen (secondary N) is 2. The molecule has 0 aliphatic carbocycles. The number of carbonyl (C=O) groups excluding carboxylic acids is 2. The molecule has 2 N–H and O–H groups in total. The Bertz CT molecular complexity index is 586. The van der Waals surface area contributed by atoms with Crippen molar-refractivity contribution in [3.8, 4) is 0 Å². The van der Waals surface area contributed by atoms with Gasteiger partial charge >= 0.3 is 6.03 Å². The van der Waals surface area contributed by atoms with E-state index in [4.69, 9.17) is 0 Å². The van der Waals surface area contributed by atoms with E-state index in [1.54, 1.807) is 4.90 Å². The number of carbonyl (C=O) groups is 2. The zero-order chi connectivity index (χ0) is 17.0. The first-order valence-electron chi connectivity index (χ1n) is 7.93. The van der Waals surface area contributed by atoms with Crippen LogP contribution in [0.1, 0.15) is 17.5 Å². The van der Waals surface area contributed by atoms with E-state index in [0.29, 0.717) is 19.5 Å². The fraction of sp³-hybridized carbons (Fsp3) is 0.529. The molecule has 0 spiro atoms. The first-order valence-corrected chi connectivity index (χ1v) is 7.93. The normalized spacial score (nSPS) is 17.7. The summed E-state index contributed by atoms with van der Waals surface area (Å²) in [7, 11) is 3.91. The van der Waals surface area contributed by atoms with Gasteiger partial charge in [0.1, 0.15) is 0 Å². The van der Waals surface area contributed by atoms with E-state index in [9.17, 15) is 9.59 Å². The van der Waals surface area contributed by atoms with Crippen molar-refractivity contribution in [2.24, 2.45) is 0 Å². The van der Waals surface area contributed by atoms with Gasteiger partial charge in [-0.2, -0.15) is 0 Å². The molecule has 1 aliphatic rings. The monoisotopic (exact) mass is 318 g/mol. The summed E-state index contributed by atoms with van der Waals surface area (Å²) in [6.45, 7) is 5.97. The minimum absolute atomic E-state index is 0.0480. The Morgan fingerprint density at radius 3 is 2.70 bits per heavy atom. The lowest BCUT2D eigenvalue weighted by Gasteiger charge is -2.18. The predicted octanol–water partition coefficient (Wildman–Crippen LogP) is 1.27. The summed E-state index contributed by atoms with van der Waals surface area (Å²) in [5, 5.41) is 5.68. The largest absolute Gasteiger partial charge is 0.337 e. The fourth-order valence-corrected chi connectivity index (χ4v) is 2.58. The summed E-state index contributed by atoms with van der Waals surface area (Å²) in [6, 6.07) is 5.63. The first-order chi connectivity index (χ1) is 10.9.